The summed E-state index contributed by atoms with van der Waals surface area (Å²) in [5, 5.41) is 2.91. The molecule has 1 N–H and O–H groups in total. The van der Waals surface area contributed by atoms with E-state index in [-0.39, 0.29) is 0 Å². The van der Waals surface area contributed by atoms with Crippen molar-refractivity contribution >= 4 is 5.82 Å². The van der Waals surface area contributed by atoms with E-state index in [2.05, 4.69) is 15.3 Å². The Morgan fingerprint density at radius 1 is 0.947 bits per heavy atom. The van der Waals surface area contributed by atoms with Crippen molar-refractivity contribution in [1.82, 2.24) is 9.97 Å². The monoisotopic (exact) mass is 261 g/mol. The van der Waals surface area contributed by atoms with Crippen LogP contribution in [0.25, 0.3) is 0 Å². The summed E-state index contributed by atoms with van der Waals surface area (Å²) in [5.41, 5.74) is 0. The first kappa shape index (κ1) is 12.9. The summed E-state index contributed by atoms with van der Waals surface area (Å²) in [6, 6.07) is 7.20. The van der Waals surface area contributed by atoms with Gasteiger partial charge in [0, 0.05) is 7.05 Å². The molecule has 0 atom stereocenters. The molecule has 0 bridgehead atoms. The van der Waals surface area contributed by atoms with Gasteiger partial charge in [-0.15, -0.1) is 0 Å². The second-order valence-corrected chi connectivity index (χ2v) is 3.59. The first-order chi connectivity index (χ1) is 9.28. The normalized spacial score (nSPS) is 9.84. The number of rotatable bonds is 5. The first-order valence-corrected chi connectivity index (χ1v) is 5.67. The average Bonchev–Trinajstić information content (AvgIpc) is 2.47. The molecule has 0 aliphatic heterocycles. The molecule has 1 aromatic carbocycles. The number of nitrogens with zero attached hydrogens (tertiary/aromatic N) is 2. The van der Waals surface area contributed by atoms with Gasteiger partial charge in [0.2, 0.25) is 5.75 Å². The van der Waals surface area contributed by atoms with Crippen LogP contribution in [0.15, 0.2) is 30.6 Å². The molecule has 2 rings (SSSR count). The van der Waals surface area contributed by atoms with E-state index in [9.17, 15) is 0 Å². The molecule has 0 saturated carbocycles. The molecule has 1 aromatic heterocycles. The predicted octanol–water partition coefficient (Wildman–Crippen LogP) is 2.33. The van der Waals surface area contributed by atoms with Crippen LogP contribution in [-0.4, -0.2) is 31.2 Å². The zero-order valence-electron chi connectivity index (χ0n) is 11.0. The molecule has 19 heavy (non-hydrogen) atoms. The molecule has 100 valence electrons. The molecular formula is C13H15N3O3. The van der Waals surface area contributed by atoms with Gasteiger partial charge in [-0.25, -0.2) is 4.98 Å². The number of nitrogens with one attached hydrogen (secondary N) is 1. The molecule has 0 aliphatic carbocycles. The summed E-state index contributed by atoms with van der Waals surface area (Å²) in [5.74, 6) is 2.78. The summed E-state index contributed by atoms with van der Waals surface area (Å²) >= 11 is 0. The van der Waals surface area contributed by atoms with E-state index in [0.717, 1.165) is 5.75 Å². The number of hydrogen-bond donors (Lipinski definition) is 1. The second-order valence-electron chi connectivity index (χ2n) is 3.59. The molecule has 0 spiro atoms. The fourth-order valence-electron chi connectivity index (χ4n) is 1.55. The van der Waals surface area contributed by atoms with Crippen molar-refractivity contribution in [2.75, 3.05) is 26.6 Å². The zero-order valence-corrected chi connectivity index (χ0v) is 11.0. The van der Waals surface area contributed by atoms with Crippen molar-refractivity contribution in [1.29, 1.82) is 0 Å². The lowest BCUT2D eigenvalue weighted by Gasteiger charge is -2.11. The third kappa shape index (κ3) is 2.85. The van der Waals surface area contributed by atoms with Crippen molar-refractivity contribution in [3.63, 3.8) is 0 Å². The number of ether oxygens (including phenoxy) is 3. The molecule has 0 unspecified atom stereocenters. The third-order valence-electron chi connectivity index (χ3n) is 2.49. The smallest absolute Gasteiger partial charge is 0.268 e. The fraction of sp³-hybridized carbons (Fsp3) is 0.231. The summed E-state index contributed by atoms with van der Waals surface area (Å²) in [4.78, 5) is 8.12. The Morgan fingerprint density at radius 3 is 2.21 bits per heavy atom. The van der Waals surface area contributed by atoms with Crippen LogP contribution in [0.3, 0.4) is 0 Å². The van der Waals surface area contributed by atoms with E-state index in [1.54, 1.807) is 33.4 Å². The molecule has 6 nitrogen and oxygen atoms in total. The van der Waals surface area contributed by atoms with Crippen LogP contribution in [-0.2, 0) is 0 Å². The summed E-state index contributed by atoms with van der Waals surface area (Å²) in [6.45, 7) is 0. The van der Waals surface area contributed by atoms with E-state index >= 15 is 0 Å². The Bertz CT molecular complexity index is 543. The minimum Gasteiger partial charge on any atom is -0.497 e. The van der Waals surface area contributed by atoms with Crippen LogP contribution < -0.4 is 19.5 Å². The van der Waals surface area contributed by atoms with E-state index in [0.29, 0.717) is 23.2 Å². The number of benzene rings is 1. The van der Waals surface area contributed by atoms with E-state index in [1.165, 1.54) is 6.33 Å². The van der Waals surface area contributed by atoms with Crippen LogP contribution in [0.1, 0.15) is 0 Å². The summed E-state index contributed by atoms with van der Waals surface area (Å²) < 4.78 is 16.0. The topological polar surface area (TPSA) is 65.5 Å². The SMILES string of the molecule is CNc1ncnc(Oc2ccc(OC)cc2)c1OC. The Labute approximate surface area is 111 Å². The van der Waals surface area contributed by atoms with Gasteiger partial charge in [0.05, 0.1) is 14.2 Å². The van der Waals surface area contributed by atoms with Gasteiger partial charge in [-0.05, 0) is 24.3 Å². The van der Waals surface area contributed by atoms with E-state index < -0.39 is 0 Å². The number of anilines is 1. The van der Waals surface area contributed by atoms with Gasteiger partial charge in [-0.2, -0.15) is 4.98 Å². The van der Waals surface area contributed by atoms with Crippen LogP contribution in [0.2, 0.25) is 0 Å². The van der Waals surface area contributed by atoms with Gasteiger partial charge < -0.3 is 19.5 Å². The first-order valence-electron chi connectivity index (χ1n) is 5.67. The van der Waals surface area contributed by atoms with Crippen LogP contribution >= 0.6 is 0 Å². The molecule has 2 aromatic rings. The molecule has 0 aliphatic rings. The molecule has 0 radical (unpaired) electrons. The standard InChI is InChI=1S/C13H15N3O3/c1-14-12-11(18-3)13(16-8-15-12)19-10-6-4-9(17-2)5-7-10/h4-8H,1-3H3,(H,14,15,16). The lowest BCUT2D eigenvalue weighted by atomic mass is 10.3. The lowest BCUT2D eigenvalue weighted by molar-refractivity contribution is 0.368. The maximum atomic E-state index is 5.67. The van der Waals surface area contributed by atoms with Crippen LogP contribution in [0.5, 0.6) is 23.1 Å². The highest BCUT2D eigenvalue weighted by atomic mass is 16.5. The van der Waals surface area contributed by atoms with Crippen molar-refractivity contribution in [3.8, 4) is 23.1 Å². The molecule has 0 fully saturated rings. The van der Waals surface area contributed by atoms with Crippen molar-refractivity contribution in [2.45, 2.75) is 0 Å². The minimum absolute atomic E-state index is 0.354. The van der Waals surface area contributed by atoms with Crippen molar-refractivity contribution in [3.05, 3.63) is 30.6 Å². The largest absolute Gasteiger partial charge is 0.497 e. The highest BCUT2D eigenvalue weighted by molar-refractivity contribution is 5.55. The Kier molecular flexibility index (Phi) is 4.02. The highest BCUT2D eigenvalue weighted by Crippen LogP contribution is 2.34. The van der Waals surface area contributed by atoms with Gasteiger partial charge in [-0.1, -0.05) is 0 Å². The van der Waals surface area contributed by atoms with Crippen LogP contribution in [0, 0.1) is 0 Å². The van der Waals surface area contributed by atoms with Gasteiger partial charge in [-0.3, -0.25) is 0 Å². The second kappa shape index (κ2) is 5.90. The molecule has 1 heterocycles. The molecular weight excluding hydrogens is 246 g/mol. The average molecular weight is 261 g/mol. The van der Waals surface area contributed by atoms with E-state index in [4.69, 9.17) is 14.2 Å². The minimum atomic E-state index is 0.354. The summed E-state index contributed by atoms with van der Waals surface area (Å²) in [7, 11) is 4.91. The third-order valence-corrected chi connectivity index (χ3v) is 2.49. The van der Waals surface area contributed by atoms with Crippen molar-refractivity contribution < 1.29 is 14.2 Å². The Balaban J connectivity index is 2.26. The number of hydrogen-bond acceptors (Lipinski definition) is 6. The maximum absolute atomic E-state index is 5.67. The molecule has 6 heteroatoms. The molecule has 0 amide bonds. The van der Waals surface area contributed by atoms with Gasteiger partial charge in [0.1, 0.15) is 17.8 Å². The fourth-order valence-corrected chi connectivity index (χ4v) is 1.55. The van der Waals surface area contributed by atoms with Gasteiger partial charge >= 0.3 is 0 Å². The Hall–Kier alpha value is -2.50. The Morgan fingerprint density at radius 2 is 1.63 bits per heavy atom. The highest BCUT2D eigenvalue weighted by Gasteiger charge is 2.13. The van der Waals surface area contributed by atoms with E-state index in [1.807, 2.05) is 12.1 Å². The number of aromatic nitrogens is 2. The maximum Gasteiger partial charge on any atom is 0.268 e. The predicted molar refractivity (Wildman–Crippen MR) is 71.2 cm³/mol. The van der Waals surface area contributed by atoms with Crippen LogP contribution in [0.4, 0.5) is 5.82 Å². The number of methoxy groups -OCH3 is 2. The lowest BCUT2D eigenvalue weighted by Crippen LogP contribution is -2.00. The van der Waals surface area contributed by atoms with Gasteiger partial charge in [0.15, 0.2) is 5.82 Å². The molecule has 0 saturated heterocycles. The summed E-state index contributed by atoms with van der Waals surface area (Å²) in [6.07, 6.45) is 1.41. The quantitative estimate of drug-likeness (QED) is 0.891. The van der Waals surface area contributed by atoms with Gasteiger partial charge in [0.25, 0.3) is 5.88 Å². The van der Waals surface area contributed by atoms with Crippen molar-refractivity contribution in [2.24, 2.45) is 0 Å². The zero-order chi connectivity index (χ0) is 13.7.